The van der Waals surface area contributed by atoms with Crippen LogP contribution in [-0.2, 0) is 9.47 Å². The summed E-state index contributed by atoms with van der Waals surface area (Å²) < 4.78 is 10.4. The van der Waals surface area contributed by atoms with Crippen molar-refractivity contribution in [2.45, 2.75) is 39.8 Å². The fourth-order valence-electron chi connectivity index (χ4n) is 2.89. The summed E-state index contributed by atoms with van der Waals surface area (Å²) in [6.07, 6.45) is 0.126. The number of aromatic nitrogens is 1. The maximum atomic E-state index is 12.6. The molecular formula is C16H24N2O4. The van der Waals surface area contributed by atoms with Crippen molar-refractivity contribution in [2.24, 2.45) is 0 Å². The number of Topliss-reactive ketones (excluding diaryl/α,β-unsaturated/α-hetero) is 1. The number of rotatable bonds is 4. The van der Waals surface area contributed by atoms with E-state index < -0.39 is 5.97 Å². The SMILES string of the molecule is COC(=O)c1c(C)[nH]c(C(=O)CN2CC(C)OCC2C)c1C. The Bertz CT molecular complexity index is 579. The zero-order valence-corrected chi connectivity index (χ0v) is 13.9. The summed E-state index contributed by atoms with van der Waals surface area (Å²) in [7, 11) is 1.34. The minimum absolute atomic E-state index is 0.0169. The van der Waals surface area contributed by atoms with Gasteiger partial charge in [0.05, 0.1) is 37.6 Å². The number of hydrogen-bond acceptors (Lipinski definition) is 5. The van der Waals surface area contributed by atoms with Crippen molar-refractivity contribution >= 4 is 11.8 Å². The van der Waals surface area contributed by atoms with Gasteiger partial charge in [0.1, 0.15) is 0 Å². The number of ether oxygens (including phenoxy) is 2. The Labute approximate surface area is 130 Å². The highest BCUT2D eigenvalue weighted by Gasteiger charge is 2.28. The second kappa shape index (κ2) is 6.62. The molecule has 6 heteroatoms. The molecule has 0 radical (unpaired) electrons. The molecule has 1 aromatic heterocycles. The molecule has 0 aliphatic carbocycles. The number of ketones is 1. The summed E-state index contributed by atoms with van der Waals surface area (Å²) in [5.41, 5.74) is 2.26. The third-order valence-electron chi connectivity index (χ3n) is 4.19. The van der Waals surface area contributed by atoms with E-state index in [1.54, 1.807) is 13.8 Å². The van der Waals surface area contributed by atoms with Gasteiger partial charge in [0, 0.05) is 18.3 Å². The third kappa shape index (κ3) is 3.23. The van der Waals surface area contributed by atoms with Crippen LogP contribution in [0.3, 0.4) is 0 Å². The van der Waals surface area contributed by atoms with E-state index in [0.717, 1.165) is 6.54 Å². The van der Waals surface area contributed by atoms with Crippen LogP contribution in [0.5, 0.6) is 0 Å². The topological polar surface area (TPSA) is 71.6 Å². The summed E-state index contributed by atoms with van der Waals surface area (Å²) in [4.78, 5) is 29.5. The molecule has 1 aliphatic heterocycles. The molecule has 22 heavy (non-hydrogen) atoms. The Morgan fingerprint density at radius 1 is 1.36 bits per heavy atom. The van der Waals surface area contributed by atoms with E-state index in [1.807, 2.05) is 13.8 Å². The number of aryl methyl sites for hydroxylation is 1. The first kappa shape index (κ1) is 16.7. The molecule has 2 heterocycles. The average Bonchev–Trinajstić information content (AvgIpc) is 2.77. The number of morpholine rings is 1. The number of carbonyl (C=O) groups excluding carboxylic acids is 2. The molecule has 0 bridgehead atoms. The Morgan fingerprint density at radius 3 is 2.68 bits per heavy atom. The van der Waals surface area contributed by atoms with E-state index in [2.05, 4.69) is 9.88 Å². The van der Waals surface area contributed by atoms with Gasteiger partial charge in [-0.1, -0.05) is 0 Å². The van der Waals surface area contributed by atoms with Crippen molar-refractivity contribution in [3.05, 3.63) is 22.5 Å². The molecule has 122 valence electrons. The van der Waals surface area contributed by atoms with Crippen LogP contribution in [-0.4, -0.2) is 60.6 Å². The summed E-state index contributed by atoms with van der Waals surface area (Å²) in [6, 6.07) is 0.205. The van der Waals surface area contributed by atoms with Crippen LogP contribution < -0.4 is 0 Å². The molecule has 0 aromatic carbocycles. The van der Waals surface area contributed by atoms with Crippen LogP contribution >= 0.6 is 0 Å². The molecule has 1 aromatic rings. The smallest absolute Gasteiger partial charge is 0.339 e. The minimum atomic E-state index is -0.418. The van der Waals surface area contributed by atoms with Crippen molar-refractivity contribution in [3.63, 3.8) is 0 Å². The van der Waals surface area contributed by atoms with Gasteiger partial charge in [0.15, 0.2) is 5.78 Å². The van der Waals surface area contributed by atoms with Crippen molar-refractivity contribution in [3.8, 4) is 0 Å². The van der Waals surface area contributed by atoms with Crippen LogP contribution in [0.15, 0.2) is 0 Å². The number of methoxy groups -OCH3 is 1. The van der Waals surface area contributed by atoms with Crippen LogP contribution in [0.1, 0.15) is 46.0 Å². The standard InChI is InChI=1S/C16H24N2O4/c1-9-8-22-10(2)6-18(9)7-13(19)15-11(3)14(12(4)17-15)16(20)21-5/h9-10,17H,6-8H2,1-5H3. The average molecular weight is 308 g/mol. The zero-order chi connectivity index (χ0) is 16.4. The van der Waals surface area contributed by atoms with Gasteiger partial charge in [0.2, 0.25) is 0 Å². The van der Waals surface area contributed by atoms with E-state index >= 15 is 0 Å². The lowest BCUT2D eigenvalue weighted by Crippen LogP contribution is -2.49. The van der Waals surface area contributed by atoms with Gasteiger partial charge in [-0.15, -0.1) is 0 Å². The number of nitrogens with one attached hydrogen (secondary N) is 1. The Balaban J connectivity index is 2.18. The second-order valence-corrected chi connectivity index (χ2v) is 5.96. The lowest BCUT2D eigenvalue weighted by molar-refractivity contribution is -0.0460. The highest BCUT2D eigenvalue weighted by molar-refractivity contribution is 6.02. The van der Waals surface area contributed by atoms with E-state index in [4.69, 9.17) is 9.47 Å². The van der Waals surface area contributed by atoms with Gasteiger partial charge in [0.25, 0.3) is 0 Å². The highest BCUT2D eigenvalue weighted by Crippen LogP contribution is 2.20. The normalized spacial score (nSPS) is 22.6. The molecule has 6 nitrogen and oxygen atoms in total. The number of aromatic amines is 1. The van der Waals surface area contributed by atoms with Gasteiger partial charge >= 0.3 is 5.97 Å². The van der Waals surface area contributed by atoms with Crippen molar-refractivity contribution in [1.82, 2.24) is 9.88 Å². The van der Waals surface area contributed by atoms with Crippen molar-refractivity contribution in [2.75, 3.05) is 26.8 Å². The molecule has 1 fully saturated rings. The molecule has 2 unspecified atom stereocenters. The van der Waals surface area contributed by atoms with E-state index in [-0.39, 0.29) is 17.9 Å². The second-order valence-electron chi connectivity index (χ2n) is 5.96. The molecule has 1 aliphatic rings. The summed E-state index contributed by atoms with van der Waals surface area (Å²) in [6.45, 7) is 9.27. The number of carbonyl (C=O) groups is 2. The van der Waals surface area contributed by atoms with E-state index in [1.165, 1.54) is 7.11 Å². The predicted octanol–water partition coefficient (Wildman–Crippen LogP) is 1.71. The molecule has 2 rings (SSSR count). The molecule has 1 saturated heterocycles. The van der Waals surface area contributed by atoms with Gasteiger partial charge in [-0.05, 0) is 33.3 Å². The first-order chi connectivity index (χ1) is 10.3. The lowest BCUT2D eigenvalue weighted by Gasteiger charge is -2.36. The van der Waals surface area contributed by atoms with Crippen molar-refractivity contribution < 1.29 is 19.1 Å². The molecular weight excluding hydrogens is 284 g/mol. The molecule has 2 atom stereocenters. The minimum Gasteiger partial charge on any atom is -0.465 e. The van der Waals surface area contributed by atoms with Crippen molar-refractivity contribution in [1.29, 1.82) is 0 Å². The lowest BCUT2D eigenvalue weighted by atomic mass is 10.1. The number of H-pyrrole nitrogens is 1. The largest absolute Gasteiger partial charge is 0.465 e. The molecule has 0 spiro atoms. The monoisotopic (exact) mass is 308 g/mol. The Hall–Kier alpha value is -1.66. The fourth-order valence-corrected chi connectivity index (χ4v) is 2.89. The zero-order valence-electron chi connectivity index (χ0n) is 13.9. The van der Waals surface area contributed by atoms with E-state index in [9.17, 15) is 9.59 Å². The molecule has 0 saturated carbocycles. The van der Waals surface area contributed by atoms with Crippen LogP contribution in [0.25, 0.3) is 0 Å². The summed E-state index contributed by atoms with van der Waals surface area (Å²) >= 11 is 0. The summed E-state index contributed by atoms with van der Waals surface area (Å²) in [5.74, 6) is -0.435. The summed E-state index contributed by atoms with van der Waals surface area (Å²) in [5, 5.41) is 0. The third-order valence-corrected chi connectivity index (χ3v) is 4.19. The van der Waals surface area contributed by atoms with Gasteiger partial charge in [-0.2, -0.15) is 0 Å². The van der Waals surface area contributed by atoms with Gasteiger partial charge < -0.3 is 14.5 Å². The number of hydrogen-bond donors (Lipinski definition) is 1. The van der Waals surface area contributed by atoms with Gasteiger partial charge in [-0.3, -0.25) is 9.69 Å². The fraction of sp³-hybridized carbons (Fsp3) is 0.625. The van der Waals surface area contributed by atoms with Crippen LogP contribution in [0.4, 0.5) is 0 Å². The number of esters is 1. The highest BCUT2D eigenvalue weighted by atomic mass is 16.5. The number of nitrogens with zero attached hydrogens (tertiary/aromatic N) is 1. The molecule has 0 amide bonds. The van der Waals surface area contributed by atoms with Crippen LogP contribution in [0.2, 0.25) is 0 Å². The quantitative estimate of drug-likeness (QED) is 0.677. The van der Waals surface area contributed by atoms with E-state index in [0.29, 0.717) is 35.7 Å². The first-order valence-electron chi connectivity index (χ1n) is 7.51. The first-order valence-corrected chi connectivity index (χ1v) is 7.51. The Morgan fingerprint density at radius 2 is 2.05 bits per heavy atom. The Kier molecular flexibility index (Phi) is 5.03. The molecule has 1 N–H and O–H groups in total. The predicted molar refractivity (Wildman–Crippen MR) is 82.4 cm³/mol. The van der Waals surface area contributed by atoms with Crippen LogP contribution in [0, 0.1) is 13.8 Å². The van der Waals surface area contributed by atoms with Gasteiger partial charge in [-0.25, -0.2) is 4.79 Å². The maximum Gasteiger partial charge on any atom is 0.339 e. The maximum absolute atomic E-state index is 12.6.